The van der Waals surface area contributed by atoms with Crippen molar-refractivity contribution in [1.29, 1.82) is 0 Å². The van der Waals surface area contributed by atoms with Crippen molar-refractivity contribution in [3.63, 3.8) is 0 Å². The molecule has 0 atom stereocenters. The van der Waals surface area contributed by atoms with Gasteiger partial charge in [0.15, 0.2) is 0 Å². The van der Waals surface area contributed by atoms with E-state index in [9.17, 15) is 13.2 Å². The summed E-state index contributed by atoms with van der Waals surface area (Å²) in [5.74, 6) is 0.132. The van der Waals surface area contributed by atoms with Gasteiger partial charge in [-0.1, -0.05) is 23.8 Å². The summed E-state index contributed by atoms with van der Waals surface area (Å²) in [5, 5.41) is 2.74. The fraction of sp³-hybridized carbons (Fsp3) is 0.174. The number of nitrogens with one attached hydrogen (secondary N) is 1. The Hall–Kier alpha value is -2.97. The molecule has 0 unspecified atom stereocenters. The second-order valence-corrected chi connectivity index (χ2v) is 9.54. The Bertz CT molecular complexity index is 1140. The van der Waals surface area contributed by atoms with Crippen LogP contribution in [0.5, 0.6) is 5.75 Å². The number of carbonyl (C=O) groups excluding carboxylic acids is 1. The summed E-state index contributed by atoms with van der Waals surface area (Å²) in [7, 11) is -2.42. The summed E-state index contributed by atoms with van der Waals surface area (Å²) < 4.78 is 33.1. The first-order chi connectivity index (χ1) is 14.8. The number of sulfonamides is 1. The minimum Gasteiger partial charge on any atom is -0.497 e. The van der Waals surface area contributed by atoms with Gasteiger partial charge in [0.2, 0.25) is 5.91 Å². The van der Waals surface area contributed by atoms with Gasteiger partial charge in [-0.25, -0.2) is 8.42 Å². The molecule has 0 aromatic heterocycles. The molecule has 0 fully saturated rings. The Morgan fingerprint density at radius 3 is 2.32 bits per heavy atom. The minimum absolute atomic E-state index is 0.125. The van der Waals surface area contributed by atoms with Gasteiger partial charge < -0.3 is 10.1 Å². The zero-order valence-electron chi connectivity index (χ0n) is 17.5. The van der Waals surface area contributed by atoms with Gasteiger partial charge in [-0.05, 0) is 61.7 Å². The van der Waals surface area contributed by atoms with Crippen LogP contribution in [0.4, 0.5) is 11.4 Å². The lowest BCUT2D eigenvalue weighted by Crippen LogP contribution is -2.38. The number of benzene rings is 3. The molecule has 6 nitrogen and oxygen atoms in total. The number of thioether (sulfide) groups is 1. The van der Waals surface area contributed by atoms with Gasteiger partial charge >= 0.3 is 0 Å². The molecule has 0 saturated carbocycles. The van der Waals surface area contributed by atoms with Gasteiger partial charge in [-0.2, -0.15) is 0 Å². The van der Waals surface area contributed by atoms with Crippen LogP contribution >= 0.6 is 11.8 Å². The van der Waals surface area contributed by atoms with Gasteiger partial charge in [-0.3, -0.25) is 9.10 Å². The maximum atomic E-state index is 13.4. The largest absolute Gasteiger partial charge is 0.497 e. The zero-order chi connectivity index (χ0) is 22.4. The number of amides is 1. The first kappa shape index (κ1) is 22.7. The monoisotopic (exact) mass is 456 g/mol. The van der Waals surface area contributed by atoms with E-state index in [2.05, 4.69) is 5.32 Å². The van der Waals surface area contributed by atoms with E-state index >= 15 is 0 Å². The average molecular weight is 457 g/mol. The summed E-state index contributed by atoms with van der Waals surface area (Å²) in [4.78, 5) is 13.9. The van der Waals surface area contributed by atoms with Crippen molar-refractivity contribution in [3.8, 4) is 5.75 Å². The highest BCUT2D eigenvalue weighted by molar-refractivity contribution is 7.98. The van der Waals surface area contributed by atoms with E-state index in [-0.39, 0.29) is 11.4 Å². The molecule has 1 N–H and O–H groups in total. The molecule has 0 saturated heterocycles. The quantitative estimate of drug-likeness (QED) is 0.503. The third-order valence-electron chi connectivity index (χ3n) is 4.61. The van der Waals surface area contributed by atoms with Gasteiger partial charge in [0.05, 0.1) is 17.7 Å². The summed E-state index contributed by atoms with van der Waals surface area (Å²) >= 11 is 1.53. The Morgan fingerprint density at radius 1 is 1.03 bits per heavy atom. The van der Waals surface area contributed by atoms with Crippen molar-refractivity contribution in [3.05, 3.63) is 78.4 Å². The summed E-state index contributed by atoms with van der Waals surface area (Å²) in [6.45, 7) is 1.55. The summed E-state index contributed by atoms with van der Waals surface area (Å²) in [5.41, 5.74) is 1.93. The first-order valence-electron chi connectivity index (χ1n) is 9.51. The van der Waals surface area contributed by atoms with Crippen molar-refractivity contribution < 1.29 is 17.9 Å². The molecular weight excluding hydrogens is 432 g/mol. The molecule has 1 amide bonds. The van der Waals surface area contributed by atoms with Gasteiger partial charge in [0.1, 0.15) is 12.3 Å². The van der Waals surface area contributed by atoms with E-state index < -0.39 is 15.9 Å². The minimum atomic E-state index is -3.95. The maximum absolute atomic E-state index is 13.4. The van der Waals surface area contributed by atoms with E-state index in [1.165, 1.54) is 18.9 Å². The number of nitrogens with zero attached hydrogens (tertiary/aromatic N) is 1. The Labute approximate surface area is 187 Å². The molecule has 8 heteroatoms. The van der Waals surface area contributed by atoms with Crippen LogP contribution in [0.1, 0.15) is 5.56 Å². The van der Waals surface area contributed by atoms with E-state index in [1.54, 1.807) is 60.7 Å². The molecule has 0 aliphatic heterocycles. The van der Waals surface area contributed by atoms with Crippen LogP contribution in [0.15, 0.2) is 82.6 Å². The van der Waals surface area contributed by atoms with Crippen molar-refractivity contribution in [1.82, 2.24) is 0 Å². The highest BCUT2D eigenvalue weighted by Gasteiger charge is 2.27. The second-order valence-electron chi connectivity index (χ2n) is 6.80. The molecule has 0 aliphatic carbocycles. The molecule has 3 rings (SSSR count). The van der Waals surface area contributed by atoms with Crippen molar-refractivity contribution >= 4 is 39.1 Å². The number of anilines is 2. The molecule has 162 valence electrons. The Morgan fingerprint density at radius 2 is 1.71 bits per heavy atom. The second kappa shape index (κ2) is 9.89. The molecular formula is C23H24N2O4S2. The molecule has 3 aromatic carbocycles. The number of aryl methyl sites for hydroxylation is 1. The van der Waals surface area contributed by atoms with Crippen LogP contribution in [0, 0.1) is 6.92 Å². The normalized spacial score (nSPS) is 11.1. The summed E-state index contributed by atoms with van der Waals surface area (Å²) in [6, 6.07) is 20.5. The third kappa shape index (κ3) is 5.59. The molecule has 0 heterocycles. The lowest BCUT2D eigenvalue weighted by molar-refractivity contribution is -0.114. The fourth-order valence-electron chi connectivity index (χ4n) is 2.93. The highest BCUT2D eigenvalue weighted by atomic mass is 32.2. The van der Waals surface area contributed by atoms with E-state index in [1.807, 2.05) is 25.3 Å². The van der Waals surface area contributed by atoms with Crippen molar-refractivity contribution in [2.45, 2.75) is 16.7 Å². The van der Waals surface area contributed by atoms with Crippen LogP contribution in [0.25, 0.3) is 0 Å². The van der Waals surface area contributed by atoms with Crippen LogP contribution in [-0.2, 0) is 14.8 Å². The number of hydrogen-bond acceptors (Lipinski definition) is 5. The lowest BCUT2D eigenvalue weighted by atomic mass is 10.2. The highest BCUT2D eigenvalue weighted by Crippen LogP contribution is 2.26. The smallest absolute Gasteiger partial charge is 0.264 e. The zero-order valence-corrected chi connectivity index (χ0v) is 19.2. The molecule has 3 aromatic rings. The molecule has 0 radical (unpaired) electrons. The SMILES string of the molecule is COc1cccc(NC(=O)CN(c2ccc(C)cc2)S(=O)(=O)c2ccc(SC)cc2)c1. The van der Waals surface area contributed by atoms with Gasteiger partial charge in [-0.15, -0.1) is 11.8 Å². The lowest BCUT2D eigenvalue weighted by Gasteiger charge is -2.24. The average Bonchev–Trinajstić information content (AvgIpc) is 2.78. The number of rotatable bonds is 8. The number of ether oxygens (including phenoxy) is 1. The standard InChI is InChI=1S/C23H24N2O4S2/c1-17-7-9-19(10-8-17)25(31(27,28)22-13-11-21(30-3)12-14-22)16-23(26)24-18-5-4-6-20(15-18)29-2/h4-15H,16H2,1-3H3,(H,24,26). The van der Waals surface area contributed by atoms with Gasteiger partial charge in [0.25, 0.3) is 10.0 Å². The molecule has 0 bridgehead atoms. The number of hydrogen-bond donors (Lipinski definition) is 1. The fourth-order valence-corrected chi connectivity index (χ4v) is 4.76. The van der Waals surface area contributed by atoms with E-state index in [0.717, 1.165) is 14.8 Å². The molecule has 0 spiro atoms. The van der Waals surface area contributed by atoms with E-state index in [0.29, 0.717) is 17.1 Å². The summed E-state index contributed by atoms with van der Waals surface area (Å²) in [6.07, 6.45) is 1.92. The predicted molar refractivity (Wildman–Crippen MR) is 126 cm³/mol. The van der Waals surface area contributed by atoms with Crippen LogP contribution in [-0.4, -0.2) is 34.2 Å². The van der Waals surface area contributed by atoms with E-state index in [4.69, 9.17) is 4.74 Å². The topological polar surface area (TPSA) is 75.7 Å². The predicted octanol–water partition coefficient (Wildman–Crippen LogP) is 4.56. The van der Waals surface area contributed by atoms with Crippen molar-refractivity contribution in [2.24, 2.45) is 0 Å². The van der Waals surface area contributed by atoms with Crippen LogP contribution < -0.4 is 14.4 Å². The molecule has 0 aliphatic rings. The van der Waals surface area contributed by atoms with Crippen LogP contribution in [0.2, 0.25) is 0 Å². The Kier molecular flexibility index (Phi) is 7.25. The van der Waals surface area contributed by atoms with Crippen molar-refractivity contribution in [2.75, 3.05) is 29.5 Å². The maximum Gasteiger partial charge on any atom is 0.264 e. The van der Waals surface area contributed by atoms with Gasteiger partial charge in [0, 0.05) is 16.6 Å². The van der Waals surface area contributed by atoms with Crippen LogP contribution in [0.3, 0.4) is 0 Å². The third-order valence-corrected chi connectivity index (χ3v) is 7.14. The Balaban J connectivity index is 1.92. The first-order valence-corrected chi connectivity index (χ1v) is 12.2. The number of carbonyl (C=O) groups is 1. The molecule has 31 heavy (non-hydrogen) atoms. The number of methoxy groups -OCH3 is 1.